The highest BCUT2D eigenvalue weighted by Crippen LogP contribution is 2.28. The number of piperidine rings is 1. The first-order valence-electron chi connectivity index (χ1n) is 9.99. The first-order valence-corrected chi connectivity index (χ1v) is 9.99. The molecule has 0 aromatic heterocycles. The molecule has 5 nitrogen and oxygen atoms in total. The number of likely N-dealkylation sites (tertiary alicyclic amines) is 1. The molecule has 3 rings (SSSR count). The van der Waals surface area contributed by atoms with Gasteiger partial charge in [0, 0.05) is 31.2 Å². The summed E-state index contributed by atoms with van der Waals surface area (Å²) in [7, 11) is 0. The van der Waals surface area contributed by atoms with Crippen LogP contribution in [0.4, 0.5) is 5.69 Å². The summed E-state index contributed by atoms with van der Waals surface area (Å²) in [4.78, 5) is 29.5. The predicted octanol–water partition coefficient (Wildman–Crippen LogP) is 2.74. The molecular formula is C21H31N3O2. The van der Waals surface area contributed by atoms with E-state index in [4.69, 9.17) is 0 Å². The Bertz CT molecular complexity index is 646. The molecule has 2 amide bonds. The van der Waals surface area contributed by atoms with Gasteiger partial charge in [-0.25, -0.2) is 0 Å². The van der Waals surface area contributed by atoms with E-state index in [1.54, 1.807) is 4.90 Å². The molecule has 0 spiro atoms. The molecule has 2 unspecified atom stereocenters. The van der Waals surface area contributed by atoms with Crippen LogP contribution in [0, 0.1) is 0 Å². The number of hydrogen-bond donors (Lipinski definition) is 1. The fourth-order valence-corrected chi connectivity index (χ4v) is 4.14. The number of fused-ring (bicyclic) bond motifs is 1. The molecule has 2 heterocycles. The van der Waals surface area contributed by atoms with E-state index in [-0.39, 0.29) is 11.8 Å². The molecule has 1 N–H and O–H groups in total. The van der Waals surface area contributed by atoms with Gasteiger partial charge in [-0.3, -0.25) is 19.4 Å². The topological polar surface area (TPSA) is 52.7 Å². The van der Waals surface area contributed by atoms with E-state index in [1.165, 1.54) is 19.3 Å². The Morgan fingerprint density at radius 3 is 2.85 bits per heavy atom. The molecule has 1 fully saturated rings. The molecule has 0 radical (unpaired) electrons. The Hall–Kier alpha value is -1.88. The molecular weight excluding hydrogens is 326 g/mol. The second kappa shape index (κ2) is 8.67. The molecule has 0 saturated carbocycles. The monoisotopic (exact) mass is 357 g/mol. The SMILES string of the molecule is CC1CCCCN1CCNC(=O)C(C)N1C(=O)CCCc2ccccc21. The number of anilines is 1. The zero-order valence-electron chi connectivity index (χ0n) is 16.0. The Labute approximate surface area is 156 Å². The first-order chi connectivity index (χ1) is 12.6. The molecule has 0 bridgehead atoms. The van der Waals surface area contributed by atoms with Crippen molar-refractivity contribution in [3.8, 4) is 0 Å². The van der Waals surface area contributed by atoms with Crippen LogP contribution >= 0.6 is 0 Å². The van der Waals surface area contributed by atoms with Gasteiger partial charge in [-0.05, 0) is 57.7 Å². The van der Waals surface area contributed by atoms with Crippen molar-refractivity contribution in [2.45, 2.75) is 64.5 Å². The zero-order chi connectivity index (χ0) is 18.5. The number of hydrogen-bond acceptors (Lipinski definition) is 3. The minimum atomic E-state index is -0.486. The third-order valence-corrected chi connectivity index (χ3v) is 5.76. The van der Waals surface area contributed by atoms with E-state index in [0.29, 0.717) is 19.0 Å². The Kier molecular flexibility index (Phi) is 6.30. The van der Waals surface area contributed by atoms with Crippen molar-refractivity contribution in [2.24, 2.45) is 0 Å². The lowest BCUT2D eigenvalue weighted by atomic mass is 10.0. The normalized spacial score (nSPS) is 22.5. The van der Waals surface area contributed by atoms with E-state index in [9.17, 15) is 9.59 Å². The number of nitrogens with one attached hydrogen (secondary N) is 1. The van der Waals surface area contributed by atoms with Gasteiger partial charge in [-0.1, -0.05) is 24.6 Å². The van der Waals surface area contributed by atoms with Gasteiger partial charge >= 0.3 is 0 Å². The summed E-state index contributed by atoms with van der Waals surface area (Å²) in [5.41, 5.74) is 2.04. The van der Waals surface area contributed by atoms with Crippen LogP contribution in [0.2, 0.25) is 0 Å². The van der Waals surface area contributed by atoms with Crippen LogP contribution in [0.1, 0.15) is 51.5 Å². The summed E-state index contributed by atoms with van der Waals surface area (Å²) in [5, 5.41) is 3.04. The van der Waals surface area contributed by atoms with Gasteiger partial charge in [0.2, 0.25) is 11.8 Å². The van der Waals surface area contributed by atoms with Crippen molar-refractivity contribution >= 4 is 17.5 Å². The minimum Gasteiger partial charge on any atom is -0.353 e. The van der Waals surface area contributed by atoms with Gasteiger partial charge in [0.1, 0.15) is 6.04 Å². The summed E-state index contributed by atoms with van der Waals surface area (Å²) in [6.45, 7) is 6.72. The maximum absolute atomic E-state index is 12.7. The van der Waals surface area contributed by atoms with E-state index < -0.39 is 6.04 Å². The number of rotatable bonds is 5. The fraction of sp³-hybridized carbons (Fsp3) is 0.619. The van der Waals surface area contributed by atoms with Gasteiger partial charge in [-0.15, -0.1) is 0 Å². The standard InChI is InChI=1S/C21H31N3O2/c1-16-8-5-6-14-23(16)15-13-22-21(26)17(2)24-19-11-4-3-9-18(19)10-7-12-20(24)25/h3-4,9,11,16-17H,5-8,10,12-15H2,1-2H3,(H,22,26). The second-order valence-corrected chi connectivity index (χ2v) is 7.59. The molecule has 2 aliphatic heterocycles. The molecule has 1 saturated heterocycles. The summed E-state index contributed by atoms with van der Waals surface area (Å²) in [5.74, 6) is -0.0260. The number of amides is 2. The first kappa shape index (κ1) is 18.9. The lowest BCUT2D eigenvalue weighted by Gasteiger charge is -2.33. The van der Waals surface area contributed by atoms with E-state index in [0.717, 1.165) is 37.2 Å². The van der Waals surface area contributed by atoms with Crippen LogP contribution in [0.15, 0.2) is 24.3 Å². The largest absolute Gasteiger partial charge is 0.353 e. The van der Waals surface area contributed by atoms with Gasteiger partial charge < -0.3 is 5.32 Å². The lowest BCUT2D eigenvalue weighted by molar-refractivity contribution is -0.126. The van der Waals surface area contributed by atoms with Gasteiger partial charge in [-0.2, -0.15) is 0 Å². The van der Waals surface area contributed by atoms with Crippen molar-refractivity contribution in [1.29, 1.82) is 0 Å². The molecule has 5 heteroatoms. The maximum Gasteiger partial charge on any atom is 0.242 e. The molecule has 1 aromatic carbocycles. The highest BCUT2D eigenvalue weighted by Gasteiger charge is 2.30. The van der Waals surface area contributed by atoms with Crippen LogP contribution in [0.25, 0.3) is 0 Å². The Morgan fingerprint density at radius 1 is 1.23 bits per heavy atom. The second-order valence-electron chi connectivity index (χ2n) is 7.59. The number of carbonyl (C=O) groups excluding carboxylic acids is 2. The number of aryl methyl sites for hydroxylation is 1. The summed E-state index contributed by atoms with van der Waals surface area (Å²) >= 11 is 0. The highest BCUT2D eigenvalue weighted by molar-refractivity contribution is 6.01. The number of nitrogens with zero attached hydrogens (tertiary/aromatic N) is 2. The number of carbonyl (C=O) groups is 2. The minimum absolute atomic E-state index is 0.0438. The summed E-state index contributed by atoms with van der Waals surface area (Å²) < 4.78 is 0. The van der Waals surface area contributed by atoms with E-state index >= 15 is 0 Å². The summed E-state index contributed by atoms with van der Waals surface area (Å²) in [6.07, 6.45) is 6.01. The van der Waals surface area contributed by atoms with Crippen LogP contribution in [0.5, 0.6) is 0 Å². The fourth-order valence-electron chi connectivity index (χ4n) is 4.14. The predicted molar refractivity (Wildman–Crippen MR) is 104 cm³/mol. The van der Waals surface area contributed by atoms with Crippen LogP contribution in [0.3, 0.4) is 0 Å². The average molecular weight is 357 g/mol. The van der Waals surface area contributed by atoms with Crippen LogP contribution < -0.4 is 10.2 Å². The lowest BCUT2D eigenvalue weighted by Crippen LogP contribution is -2.50. The van der Waals surface area contributed by atoms with Crippen LogP contribution in [-0.4, -0.2) is 48.4 Å². The smallest absolute Gasteiger partial charge is 0.242 e. The van der Waals surface area contributed by atoms with Crippen molar-refractivity contribution in [3.05, 3.63) is 29.8 Å². The molecule has 142 valence electrons. The molecule has 2 aliphatic rings. The third kappa shape index (κ3) is 4.26. The Balaban J connectivity index is 1.61. The van der Waals surface area contributed by atoms with Crippen LogP contribution in [-0.2, 0) is 16.0 Å². The molecule has 1 aromatic rings. The van der Waals surface area contributed by atoms with Gasteiger partial charge in [0.15, 0.2) is 0 Å². The van der Waals surface area contributed by atoms with Crippen molar-refractivity contribution in [3.63, 3.8) is 0 Å². The van der Waals surface area contributed by atoms with Crippen molar-refractivity contribution < 1.29 is 9.59 Å². The maximum atomic E-state index is 12.7. The Morgan fingerprint density at radius 2 is 2.04 bits per heavy atom. The third-order valence-electron chi connectivity index (χ3n) is 5.76. The summed E-state index contributed by atoms with van der Waals surface area (Å²) in [6, 6.07) is 8.06. The quantitative estimate of drug-likeness (QED) is 0.882. The molecule has 26 heavy (non-hydrogen) atoms. The zero-order valence-corrected chi connectivity index (χ0v) is 16.0. The molecule has 0 aliphatic carbocycles. The molecule has 2 atom stereocenters. The number of benzene rings is 1. The average Bonchev–Trinajstić information content (AvgIpc) is 2.80. The van der Waals surface area contributed by atoms with Gasteiger partial charge in [0.25, 0.3) is 0 Å². The van der Waals surface area contributed by atoms with Gasteiger partial charge in [0.05, 0.1) is 0 Å². The van der Waals surface area contributed by atoms with E-state index in [2.05, 4.69) is 23.2 Å². The highest BCUT2D eigenvalue weighted by atomic mass is 16.2. The van der Waals surface area contributed by atoms with Crippen molar-refractivity contribution in [1.82, 2.24) is 10.2 Å². The van der Waals surface area contributed by atoms with E-state index in [1.807, 2.05) is 25.1 Å². The number of para-hydroxylation sites is 1. The van der Waals surface area contributed by atoms with Crippen molar-refractivity contribution in [2.75, 3.05) is 24.5 Å².